The Morgan fingerprint density at radius 2 is 1.73 bits per heavy atom. The number of benzene rings is 1. The lowest BCUT2D eigenvalue weighted by Crippen LogP contribution is -2.54. The molecule has 1 fully saturated rings. The molecular weight excluding hydrogens is 837 g/mol. The minimum absolute atomic E-state index is 0.0133. The number of rotatable bonds is 9. The normalized spacial score (nSPS) is 28.2. The number of ketones is 2. The number of fused-ring (bicyclic) bond motifs is 3. The van der Waals surface area contributed by atoms with E-state index in [9.17, 15) is 48.3 Å². The molecule has 4 aliphatic rings. The summed E-state index contributed by atoms with van der Waals surface area (Å²) in [7, 11) is 2.81. The van der Waals surface area contributed by atoms with E-state index in [0.717, 1.165) is 11.0 Å². The number of methoxy groups -OCH3 is 2. The molecule has 5 rings (SSSR count). The van der Waals surface area contributed by atoms with Gasteiger partial charge in [0.2, 0.25) is 23.4 Å². The van der Waals surface area contributed by atoms with Crippen LogP contribution >= 0.6 is 0 Å². The Hall–Kier alpha value is -6.77. The van der Waals surface area contributed by atoms with Crippen LogP contribution in [0.25, 0.3) is 0 Å². The maximum Gasteiger partial charge on any atom is 0.411 e. The van der Waals surface area contributed by atoms with Gasteiger partial charge >= 0.3 is 12.2 Å². The second-order valence-electron chi connectivity index (χ2n) is 15.8. The summed E-state index contributed by atoms with van der Waals surface area (Å²) in [5.74, 6) is -5.87. The summed E-state index contributed by atoms with van der Waals surface area (Å²) in [5, 5.41) is 21.4. The van der Waals surface area contributed by atoms with Gasteiger partial charge in [0.25, 0.3) is 17.7 Å². The first-order valence-electron chi connectivity index (χ1n) is 20.5. The molecule has 20 nitrogen and oxygen atoms in total. The van der Waals surface area contributed by atoms with Crippen molar-refractivity contribution < 1.29 is 67.2 Å². The van der Waals surface area contributed by atoms with Crippen molar-refractivity contribution in [3.63, 3.8) is 0 Å². The van der Waals surface area contributed by atoms with E-state index < -0.39 is 95.6 Å². The van der Waals surface area contributed by atoms with Crippen LogP contribution in [0, 0.1) is 11.8 Å². The smallest absolute Gasteiger partial charge is 0.411 e. The van der Waals surface area contributed by atoms with Crippen molar-refractivity contribution in [2.75, 3.05) is 32.7 Å². The number of nitrogens with two attached hydrogens (primary N) is 1. The predicted molar refractivity (Wildman–Crippen MR) is 226 cm³/mol. The minimum atomic E-state index is -1.21. The number of nitrogens with zero attached hydrogens (tertiary/aromatic N) is 1. The average Bonchev–Trinajstić information content (AvgIpc) is 3.50. The number of Topliss-reactive ketones (excluding diaryl/α,β-unsaturated/α-hetero) is 1. The van der Waals surface area contributed by atoms with Crippen LogP contribution < -0.4 is 27.0 Å². The molecule has 3 aliphatic heterocycles. The van der Waals surface area contributed by atoms with E-state index in [1.807, 2.05) is 0 Å². The van der Waals surface area contributed by atoms with E-state index in [4.69, 9.17) is 24.7 Å². The van der Waals surface area contributed by atoms with Gasteiger partial charge in [-0.05, 0) is 56.7 Å². The van der Waals surface area contributed by atoms with E-state index in [1.165, 1.54) is 57.6 Å². The highest BCUT2D eigenvalue weighted by molar-refractivity contribution is 6.26. The molecule has 7 amide bonds. The number of aliphatic hydroxyl groups is 1. The lowest BCUT2D eigenvalue weighted by Gasteiger charge is -2.30. The van der Waals surface area contributed by atoms with Gasteiger partial charge in [-0.2, -0.15) is 0 Å². The number of anilines is 1. The second kappa shape index (κ2) is 21.1. The summed E-state index contributed by atoms with van der Waals surface area (Å²) in [4.78, 5) is 117. The van der Waals surface area contributed by atoms with Crippen molar-refractivity contribution in [1.29, 1.82) is 0 Å². The quantitative estimate of drug-likeness (QED) is 0.0895. The highest BCUT2D eigenvalue weighted by Gasteiger charge is 2.46. The molecule has 1 aromatic carbocycles. The monoisotopic (exact) mass is 888 g/mol. The number of nitrogens with one attached hydrogen (secondary N) is 4. The van der Waals surface area contributed by atoms with Crippen molar-refractivity contribution in [2.45, 2.75) is 83.8 Å². The molecule has 2 bridgehead atoms. The fourth-order valence-corrected chi connectivity index (χ4v) is 7.86. The third kappa shape index (κ3) is 11.1. The van der Waals surface area contributed by atoms with Crippen LogP contribution in [-0.2, 0) is 42.9 Å². The standard InChI is InChI=1S/C44H52N6O14/c1-21-17-26-35(46-15-16-63-44(60)48-27-11-8-10-25-34(27)42(58)50(41(25)57)29-13-14-33(52)49-40(29)56)30(51)20-28(37(26)54)47-39(55)22(2)9-7-12-31(61-5)38(64-43(45)59)24(4)19-23(3)36(53)32(18-21)62-6/h7-12,19-21,23,29,31-32,36,38,46,53H,13-18H2,1-6H3,(H2,45,59)(H,47,55)(H,48,60)(H,49,52,56)/b12-7-,22-9+,24-19+/t21-,23+,29+,31+,32+,36+,38+/m1/s1. The largest absolute Gasteiger partial charge is 0.447 e. The van der Waals surface area contributed by atoms with Crippen molar-refractivity contribution in [3.05, 3.63) is 87.8 Å². The van der Waals surface area contributed by atoms with Crippen molar-refractivity contribution in [1.82, 2.24) is 20.9 Å². The summed E-state index contributed by atoms with van der Waals surface area (Å²) >= 11 is 0. The first kappa shape index (κ1) is 48.3. The molecule has 3 heterocycles. The first-order valence-corrected chi connectivity index (χ1v) is 20.5. The molecule has 0 radical (unpaired) electrons. The molecule has 64 heavy (non-hydrogen) atoms. The number of amides is 7. The van der Waals surface area contributed by atoms with Gasteiger partial charge in [0.1, 0.15) is 18.8 Å². The zero-order valence-electron chi connectivity index (χ0n) is 36.2. The number of allylic oxidation sites excluding steroid dienone is 4. The van der Waals surface area contributed by atoms with Crippen molar-refractivity contribution in [3.8, 4) is 0 Å². The number of carbonyl (C=O) groups is 9. The van der Waals surface area contributed by atoms with Gasteiger partial charge in [0.15, 0.2) is 6.10 Å². The molecule has 0 saturated carbocycles. The van der Waals surface area contributed by atoms with Gasteiger partial charge in [-0.25, -0.2) is 9.59 Å². The van der Waals surface area contributed by atoms with Gasteiger partial charge in [-0.15, -0.1) is 0 Å². The Bertz CT molecular complexity index is 2280. The Labute approximate surface area is 368 Å². The van der Waals surface area contributed by atoms with Crippen LogP contribution in [0.2, 0.25) is 0 Å². The topological polar surface area (TPSA) is 288 Å². The van der Waals surface area contributed by atoms with Crippen LogP contribution in [0.15, 0.2) is 76.7 Å². The molecule has 342 valence electrons. The third-order valence-electron chi connectivity index (χ3n) is 11.1. The molecule has 0 unspecified atom stereocenters. The molecule has 0 aromatic heterocycles. The van der Waals surface area contributed by atoms with E-state index in [1.54, 1.807) is 26.8 Å². The summed E-state index contributed by atoms with van der Waals surface area (Å²) in [5.41, 5.74) is 5.39. The minimum Gasteiger partial charge on any atom is -0.447 e. The van der Waals surface area contributed by atoms with Gasteiger partial charge in [-0.3, -0.25) is 49.1 Å². The van der Waals surface area contributed by atoms with Crippen LogP contribution in [-0.4, -0.2) is 121 Å². The van der Waals surface area contributed by atoms with Crippen LogP contribution in [0.3, 0.4) is 0 Å². The summed E-state index contributed by atoms with van der Waals surface area (Å²) in [6.07, 6.45) is 1.41. The SMILES string of the molecule is CO[C@H]1/C=C\C=C(/C)C(=O)NC2=CC(=O)C(NCCOC(=O)Nc3cccc4c3C(=O)N([C@H]3CCC(=O)NC3=O)C4=O)=C(C[C@@H](C)C[C@H](OC)[C@@H](O)[C@@H](C)/C=C(\C)[C@@H]1OC(N)=O)C2=O. The van der Waals surface area contributed by atoms with Crippen LogP contribution in [0.4, 0.5) is 15.3 Å². The number of aliphatic hydroxyl groups excluding tert-OH is 1. The Kier molecular flexibility index (Phi) is 15.9. The van der Waals surface area contributed by atoms with Crippen LogP contribution in [0.5, 0.6) is 0 Å². The number of hydrogen-bond donors (Lipinski definition) is 6. The van der Waals surface area contributed by atoms with Gasteiger partial charge < -0.3 is 40.4 Å². The molecule has 7 N–H and O–H groups in total. The average molecular weight is 889 g/mol. The van der Waals surface area contributed by atoms with E-state index in [2.05, 4.69) is 21.3 Å². The molecule has 1 aliphatic carbocycles. The van der Waals surface area contributed by atoms with Gasteiger partial charge in [0.05, 0.1) is 40.4 Å². The fraction of sp³-hybridized carbons (Fsp3) is 0.432. The maximum absolute atomic E-state index is 14.1. The van der Waals surface area contributed by atoms with Gasteiger partial charge in [0, 0.05) is 50.3 Å². The number of hydrogen-bond acceptors (Lipinski definition) is 15. The van der Waals surface area contributed by atoms with E-state index >= 15 is 0 Å². The van der Waals surface area contributed by atoms with Crippen molar-refractivity contribution in [2.24, 2.45) is 17.6 Å². The van der Waals surface area contributed by atoms with E-state index in [0.29, 0.717) is 5.57 Å². The molecular formula is C44H52N6O14. The fourth-order valence-electron chi connectivity index (χ4n) is 7.86. The first-order chi connectivity index (χ1) is 30.4. The molecule has 20 heteroatoms. The number of ether oxygens (including phenoxy) is 4. The summed E-state index contributed by atoms with van der Waals surface area (Å²) in [6.45, 7) is 6.17. The van der Waals surface area contributed by atoms with Crippen LogP contribution in [0.1, 0.15) is 74.1 Å². The molecule has 1 saturated heterocycles. The summed E-state index contributed by atoms with van der Waals surface area (Å²) < 4.78 is 22.0. The number of piperidine rings is 1. The molecule has 1 aromatic rings. The maximum atomic E-state index is 14.1. The molecule has 0 spiro atoms. The number of carbonyl (C=O) groups excluding carboxylic acids is 9. The number of primary amides is 1. The highest BCUT2D eigenvalue weighted by atomic mass is 16.6. The lowest BCUT2D eigenvalue weighted by molar-refractivity contribution is -0.136. The predicted octanol–water partition coefficient (Wildman–Crippen LogP) is 2.00. The van der Waals surface area contributed by atoms with Crippen molar-refractivity contribution >= 4 is 59.0 Å². The Morgan fingerprint density at radius 1 is 1.00 bits per heavy atom. The Morgan fingerprint density at radius 3 is 2.41 bits per heavy atom. The second-order valence-corrected chi connectivity index (χ2v) is 15.8. The third-order valence-corrected chi connectivity index (χ3v) is 11.1. The lowest BCUT2D eigenvalue weighted by atomic mass is 9.85. The summed E-state index contributed by atoms with van der Waals surface area (Å²) in [6, 6.07) is 2.95. The number of imide groups is 2. The Balaban J connectivity index is 1.33. The highest BCUT2D eigenvalue weighted by Crippen LogP contribution is 2.33. The molecule has 7 atom stereocenters. The van der Waals surface area contributed by atoms with Gasteiger partial charge in [-0.1, -0.05) is 44.2 Å². The van der Waals surface area contributed by atoms with E-state index in [-0.39, 0.29) is 78.2 Å². The zero-order chi connectivity index (χ0) is 47.0. The zero-order valence-corrected chi connectivity index (χ0v) is 36.2.